The van der Waals surface area contributed by atoms with E-state index < -0.39 is 0 Å². The lowest BCUT2D eigenvalue weighted by Gasteiger charge is -2.07. The van der Waals surface area contributed by atoms with Crippen LogP contribution in [0, 0.1) is 20.8 Å². The van der Waals surface area contributed by atoms with Crippen LogP contribution in [-0.4, -0.2) is 27.3 Å². The minimum absolute atomic E-state index is 0.134. The van der Waals surface area contributed by atoms with Crippen LogP contribution in [-0.2, 0) is 18.4 Å². The quantitative estimate of drug-likeness (QED) is 0.852. The molecule has 22 heavy (non-hydrogen) atoms. The summed E-state index contributed by atoms with van der Waals surface area (Å²) in [6.45, 7) is 5.81. The zero-order chi connectivity index (χ0) is 16.3. The van der Waals surface area contributed by atoms with Crippen molar-refractivity contribution in [1.29, 1.82) is 0 Å². The van der Waals surface area contributed by atoms with Gasteiger partial charge in [0.2, 0.25) is 5.43 Å². The molecule has 7 heteroatoms. The van der Waals surface area contributed by atoms with Crippen LogP contribution in [0.1, 0.15) is 22.6 Å². The van der Waals surface area contributed by atoms with Gasteiger partial charge in [0, 0.05) is 42.8 Å². The lowest BCUT2D eigenvalue weighted by atomic mass is 10.2. The molecule has 0 saturated carbocycles. The third-order valence-corrected chi connectivity index (χ3v) is 3.50. The van der Waals surface area contributed by atoms with Crippen molar-refractivity contribution < 1.29 is 9.53 Å². The van der Waals surface area contributed by atoms with Crippen LogP contribution in [0.5, 0.6) is 5.75 Å². The Balaban J connectivity index is 1.89. The third kappa shape index (κ3) is 3.55. The second kappa shape index (κ2) is 6.46. The van der Waals surface area contributed by atoms with E-state index in [1.54, 1.807) is 11.6 Å². The van der Waals surface area contributed by atoms with Crippen LogP contribution < -0.4 is 15.5 Å². The van der Waals surface area contributed by atoms with Gasteiger partial charge in [-0.2, -0.15) is 5.10 Å². The predicted molar refractivity (Wildman–Crippen MR) is 81.8 cm³/mol. The lowest BCUT2D eigenvalue weighted by molar-refractivity contribution is -0.123. The number of carbonyl (C=O) groups excluding carboxylic acids is 1. The SMILES string of the molecule is Cc1cc(=O)c(OCC(=O)NCc2c(C)nn(C)c2C)c[nH]1. The molecule has 0 radical (unpaired) electrons. The second-order valence-electron chi connectivity index (χ2n) is 5.18. The molecule has 1 amide bonds. The second-order valence-corrected chi connectivity index (χ2v) is 5.18. The molecule has 118 valence electrons. The average molecular weight is 304 g/mol. The molecule has 0 aliphatic heterocycles. The fourth-order valence-electron chi connectivity index (χ4n) is 2.13. The van der Waals surface area contributed by atoms with E-state index in [-0.39, 0.29) is 23.7 Å². The van der Waals surface area contributed by atoms with Gasteiger partial charge in [-0.25, -0.2) is 0 Å². The molecular formula is C15H20N4O3. The van der Waals surface area contributed by atoms with Gasteiger partial charge < -0.3 is 15.0 Å². The highest BCUT2D eigenvalue weighted by molar-refractivity contribution is 5.77. The van der Waals surface area contributed by atoms with Gasteiger partial charge in [0.05, 0.1) is 5.69 Å². The summed E-state index contributed by atoms with van der Waals surface area (Å²) < 4.78 is 7.01. The normalized spacial score (nSPS) is 10.5. The molecule has 0 fully saturated rings. The highest BCUT2D eigenvalue weighted by Gasteiger charge is 2.11. The Hall–Kier alpha value is -2.57. The van der Waals surface area contributed by atoms with E-state index in [1.807, 2.05) is 20.9 Å². The van der Waals surface area contributed by atoms with Gasteiger partial charge in [0.1, 0.15) is 0 Å². The molecule has 2 heterocycles. The monoisotopic (exact) mass is 304 g/mol. The smallest absolute Gasteiger partial charge is 0.258 e. The average Bonchev–Trinajstić information content (AvgIpc) is 2.69. The maximum atomic E-state index is 11.8. The number of carbonyl (C=O) groups is 1. The van der Waals surface area contributed by atoms with Crippen molar-refractivity contribution in [1.82, 2.24) is 20.1 Å². The zero-order valence-corrected chi connectivity index (χ0v) is 13.2. The zero-order valence-electron chi connectivity index (χ0n) is 13.2. The predicted octanol–water partition coefficient (Wildman–Crippen LogP) is 0.729. The minimum Gasteiger partial charge on any atom is -0.478 e. The number of ether oxygens (including phenoxy) is 1. The summed E-state index contributed by atoms with van der Waals surface area (Å²) >= 11 is 0. The standard InChI is InChI=1S/C15H20N4O3/c1-9-5-13(20)14(7-16-9)22-8-15(21)17-6-12-10(2)18-19(4)11(12)3/h5,7H,6,8H2,1-4H3,(H,16,20)(H,17,21). The Morgan fingerprint density at radius 2 is 2.14 bits per heavy atom. The van der Waals surface area contributed by atoms with E-state index in [9.17, 15) is 9.59 Å². The van der Waals surface area contributed by atoms with Gasteiger partial charge >= 0.3 is 0 Å². The lowest BCUT2D eigenvalue weighted by Crippen LogP contribution is -2.29. The van der Waals surface area contributed by atoms with Gasteiger partial charge in [-0.05, 0) is 20.8 Å². The number of hydrogen-bond donors (Lipinski definition) is 2. The van der Waals surface area contributed by atoms with E-state index in [4.69, 9.17) is 4.74 Å². The Labute approximate surface area is 128 Å². The molecule has 7 nitrogen and oxygen atoms in total. The molecule has 2 aromatic rings. The van der Waals surface area contributed by atoms with Crippen molar-refractivity contribution in [2.24, 2.45) is 7.05 Å². The summed E-state index contributed by atoms with van der Waals surface area (Å²) in [5.74, 6) is -0.155. The Morgan fingerprint density at radius 1 is 1.41 bits per heavy atom. The molecule has 2 N–H and O–H groups in total. The largest absolute Gasteiger partial charge is 0.478 e. The summed E-state index contributed by atoms with van der Waals surface area (Å²) in [4.78, 5) is 26.3. The summed E-state index contributed by atoms with van der Waals surface area (Å²) in [6.07, 6.45) is 1.46. The van der Waals surface area contributed by atoms with Crippen LogP contribution in [0.2, 0.25) is 0 Å². The van der Waals surface area contributed by atoms with Crippen molar-refractivity contribution in [3.8, 4) is 5.75 Å². The maximum absolute atomic E-state index is 11.8. The van der Waals surface area contributed by atoms with E-state index in [0.717, 1.165) is 22.6 Å². The maximum Gasteiger partial charge on any atom is 0.258 e. The number of hydrogen-bond acceptors (Lipinski definition) is 4. The van der Waals surface area contributed by atoms with Crippen molar-refractivity contribution >= 4 is 5.91 Å². The molecule has 0 aliphatic rings. The van der Waals surface area contributed by atoms with Gasteiger partial charge in [-0.15, -0.1) is 0 Å². The van der Waals surface area contributed by atoms with Crippen molar-refractivity contribution in [2.75, 3.05) is 6.61 Å². The van der Waals surface area contributed by atoms with Crippen molar-refractivity contribution in [3.63, 3.8) is 0 Å². The Bertz CT molecular complexity index is 746. The van der Waals surface area contributed by atoms with E-state index >= 15 is 0 Å². The first-order valence-corrected chi connectivity index (χ1v) is 6.96. The summed E-state index contributed by atoms with van der Waals surface area (Å²) in [7, 11) is 1.86. The van der Waals surface area contributed by atoms with E-state index in [0.29, 0.717) is 6.54 Å². The molecule has 0 spiro atoms. The third-order valence-electron chi connectivity index (χ3n) is 3.50. The minimum atomic E-state index is -0.289. The van der Waals surface area contributed by atoms with Crippen LogP contribution in [0.25, 0.3) is 0 Å². The Kier molecular flexibility index (Phi) is 4.65. The first-order valence-electron chi connectivity index (χ1n) is 6.96. The van der Waals surface area contributed by atoms with E-state index in [1.165, 1.54) is 12.3 Å². The van der Waals surface area contributed by atoms with Gasteiger partial charge in [0.15, 0.2) is 12.4 Å². The summed E-state index contributed by atoms with van der Waals surface area (Å²) in [5, 5.41) is 7.06. The number of rotatable bonds is 5. The van der Waals surface area contributed by atoms with E-state index in [2.05, 4.69) is 15.4 Å². The number of amides is 1. The molecule has 0 bridgehead atoms. The molecule has 0 unspecified atom stereocenters. The number of aromatic amines is 1. The van der Waals surface area contributed by atoms with Crippen LogP contribution in [0.4, 0.5) is 0 Å². The van der Waals surface area contributed by atoms with Gasteiger partial charge in [0.25, 0.3) is 5.91 Å². The Morgan fingerprint density at radius 3 is 2.73 bits per heavy atom. The molecule has 0 aliphatic carbocycles. The van der Waals surface area contributed by atoms with Crippen molar-refractivity contribution in [2.45, 2.75) is 27.3 Å². The summed E-state index contributed by atoms with van der Waals surface area (Å²) in [5.41, 5.74) is 3.38. The van der Waals surface area contributed by atoms with Crippen molar-refractivity contribution in [3.05, 3.63) is 45.1 Å². The van der Waals surface area contributed by atoms with Crippen LogP contribution in [0.15, 0.2) is 17.1 Å². The number of pyridine rings is 1. The molecule has 0 saturated heterocycles. The molecule has 0 aromatic carbocycles. The van der Waals surface area contributed by atoms with Gasteiger partial charge in [-0.1, -0.05) is 0 Å². The fraction of sp³-hybridized carbons (Fsp3) is 0.400. The fourth-order valence-corrected chi connectivity index (χ4v) is 2.13. The highest BCUT2D eigenvalue weighted by Crippen LogP contribution is 2.11. The first-order chi connectivity index (χ1) is 10.4. The number of nitrogens with zero attached hydrogens (tertiary/aromatic N) is 2. The highest BCUT2D eigenvalue weighted by atomic mass is 16.5. The first kappa shape index (κ1) is 15.8. The summed E-state index contributed by atoms with van der Waals surface area (Å²) in [6, 6.07) is 1.43. The number of nitrogens with one attached hydrogen (secondary N) is 2. The number of H-pyrrole nitrogens is 1. The number of aryl methyl sites for hydroxylation is 3. The number of aromatic nitrogens is 3. The topological polar surface area (TPSA) is 89.0 Å². The molecule has 2 aromatic heterocycles. The molecular weight excluding hydrogens is 284 g/mol. The van der Waals surface area contributed by atoms with Crippen LogP contribution in [0.3, 0.4) is 0 Å². The van der Waals surface area contributed by atoms with Crippen LogP contribution >= 0.6 is 0 Å². The molecule has 0 atom stereocenters. The molecule has 2 rings (SSSR count). The van der Waals surface area contributed by atoms with Gasteiger partial charge in [-0.3, -0.25) is 14.3 Å².